The van der Waals surface area contributed by atoms with Gasteiger partial charge in [0.2, 0.25) is 0 Å². The van der Waals surface area contributed by atoms with Crippen LogP contribution in [-0.2, 0) is 5.41 Å². The average molecular weight is 282 g/mol. The summed E-state index contributed by atoms with van der Waals surface area (Å²) in [6.07, 6.45) is 2.63. The molecule has 1 aromatic carbocycles. The second kappa shape index (κ2) is 5.82. The molecule has 0 amide bonds. The van der Waals surface area contributed by atoms with E-state index in [0.717, 1.165) is 24.3 Å². The van der Waals surface area contributed by atoms with Gasteiger partial charge in [0.1, 0.15) is 0 Å². The summed E-state index contributed by atoms with van der Waals surface area (Å²) in [5.41, 5.74) is 1.35. The van der Waals surface area contributed by atoms with E-state index in [4.69, 9.17) is 11.6 Å². The summed E-state index contributed by atoms with van der Waals surface area (Å²) < 4.78 is 0. The molecule has 2 nitrogen and oxygen atoms in total. The third-order valence-electron chi connectivity index (χ3n) is 4.34. The van der Waals surface area contributed by atoms with Gasteiger partial charge >= 0.3 is 0 Å². The zero-order chi connectivity index (χ0) is 14.0. The van der Waals surface area contributed by atoms with Crippen molar-refractivity contribution in [2.45, 2.75) is 50.7 Å². The standard InChI is InChI=1S/C16H24ClNO/c1-11(2)8-15(18-3)16(9-14(19)10-16)12-4-6-13(17)7-5-12/h4-7,11,14-15,18-19H,8-10H2,1-3H3/t14-,15-,16+/m0/s1. The van der Waals surface area contributed by atoms with E-state index in [1.165, 1.54) is 5.56 Å². The van der Waals surface area contributed by atoms with E-state index < -0.39 is 0 Å². The second-order valence-corrected chi connectivity index (χ2v) is 6.63. The number of aliphatic hydroxyl groups excluding tert-OH is 1. The largest absolute Gasteiger partial charge is 0.393 e. The number of likely N-dealkylation sites (N-methyl/N-ethyl adjacent to an activating group) is 1. The lowest BCUT2D eigenvalue weighted by atomic mass is 9.57. The number of benzene rings is 1. The highest BCUT2D eigenvalue weighted by Gasteiger charge is 2.49. The van der Waals surface area contributed by atoms with E-state index in [9.17, 15) is 5.11 Å². The van der Waals surface area contributed by atoms with E-state index in [1.807, 2.05) is 19.2 Å². The molecule has 0 aromatic heterocycles. The summed E-state index contributed by atoms with van der Waals surface area (Å²) in [4.78, 5) is 0. The van der Waals surface area contributed by atoms with Crippen molar-refractivity contribution in [1.29, 1.82) is 0 Å². The lowest BCUT2D eigenvalue weighted by molar-refractivity contribution is -0.00564. The first kappa shape index (κ1) is 14.8. The molecule has 2 rings (SSSR count). The van der Waals surface area contributed by atoms with Crippen LogP contribution in [0.1, 0.15) is 38.7 Å². The van der Waals surface area contributed by atoms with Crippen molar-refractivity contribution in [1.82, 2.24) is 5.32 Å². The van der Waals surface area contributed by atoms with Gasteiger partial charge in [-0.05, 0) is 49.9 Å². The fourth-order valence-electron chi connectivity index (χ4n) is 3.38. The summed E-state index contributed by atoms with van der Waals surface area (Å²) >= 11 is 5.98. The first-order valence-electron chi connectivity index (χ1n) is 7.09. The second-order valence-electron chi connectivity index (χ2n) is 6.20. The summed E-state index contributed by atoms with van der Waals surface area (Å²) in [5, 5.41) is 14.1. The van der Waals surface area contributed by atoms with E-state index in [0.29, 0.717) is 12.0 Å². The number of aliphatic hydroxyl groups is 1. The van der Waals surface area contributed by atoms with Crippen LogP contribution >= 0.6 is 11.6 Å². The number of nitrogens with one attached hydrogen (secondary N) is 1. The quantitative estimate of drug-likeness (QED) is 0.867. The Morgan fingerprint density at radius 1 is 1.32 bits per heavy atom. The Hall–Kier alpha value is -0.570. The molecule has 106 valence electrons. The van der Waals surface area contributed by atoms with Crippen LogP contribution in [0.25, 0.3) is 0 Å². The molecular weight excluding hydrogens is 258 g/mol. The molecule has 1 aliphatic rings. The van der Waals surface area contributed by atoms with E-state index in [2.05, 4.69) is 31.3 Å². The van der Waals surface area contributed by atoms with Crippen LogP contribution in [0.5, 0.6) is 0 Å². The van der Waals surface area contributed by atoms with Gasteiger partial charge in [0.15, 0.2) is 0 Å². The van der Waals surface area contributed by atoms with Crippen LogP contribution in [0.2, 0.25) is 5.02 Å². The van der Waals surface area contributed by atoms with E-state index in [-0.39, 0.29) is 11.5 Å². The highest BCUT2D eigenvalue weighted by atomic mass is 35.5. The Kier molecular flexibility index (Phi) is 4.54. The SMILES string of the molecule is CN[C@@H](CC(C)C)[C@]1(c2ccc(Cl)cc2)C[C@H](O)C1. The van der Waals surface area contributed by atoms with Gasteiger partial charge in [0.25, 0.3) is 0 Å². The Morgan fingerprint density at radius 3 is 2.32 bits per heavy atom. The maximum Gasteiger partial charge on any atom is 0.0558 e. The average Bonchev–Trinajstić information content (AvgIpc) is 2.33. The van der Waals surface area contributed by atoms with E-state index >= 15 is 0 Å². The zero-order valence-corrected chi connectivity index (χ0v) is 12.7. The predicted molar refractivity (Wildman–Crippen MR) is 80.7 cm³/mol. The highest BCUT2D eigenvalue weighted by molar-refractivity contribution is 6.30. The van der Waals surface area contributed by atoms with Crippen molar-refractivity contribution >= 4 is 11.6 Å². The molecule has 3 heteroatoms. The summed E-state index contributed by atoms with van der Waals surface area (Å²) in [6, 6.07) is 8.52. The van der Waals surface area contributed by atoms with Crippen molar-refractivity contribution in [2.24, 2.45) is 5.92 Å². The molecular formula is C16H24ClNO. The summed E-state index contributed by atoms with van der Waals surface area (Å²) in [7, 11) is 2.02. The molecule has 1 aromatic rings. The minimum Gasteiger partial charge on any atom is -0.393 e. The molecule has 0 saturated heterocycles. The molecule has 1 fully saturated rings. The third-order valence-corrected chi connectivity index (χ3v) is 4.59. The lowest BCUT2D eigenvalue weighted by Gasteiger charge is -2.51. The zero-order valence-electron chi connectivity index (χ0n) is 12.0. The van der Waals surface area contributed by atoms with Gasteiger partial charge in [-0.15, -0.1) is 0 Å². The number of hydrogen-bond donors (Lipinski definition) is 2. The molecule has 0 aliphatic heterocycles. The van der Waals surface area contributed by atoms with Crippen LogP contribution < -0.4 is 5.32 Å². The van der Waals surface area contributed by atoms with Gasteiger partial charge < -0.3 is 10.4 Å². The van der Waals surface area contributed by atoms with Crippen molar-refractivity contribution in [3.8, 4) is 0 Å². The first-order chi connectivity index (χ1) is 8.98. The van der Waals surface area contributed by atoms with Gasteiger partial charge in [0, 0.05) is 16.5 Å². The topological polar surface area (TPSA) is 32.3 Å². The molecule has 19 heavy (non-hydrogen) atoms. The Morgan fingerprint density at radius 2 is 1.89 bits per heavy atom. The third kappa shape index (κ3) is 2.96. The number of rotatable bonds is 5. The Labute approximate surface area is 121 Å². The van der Waals surface area contributed by atoms with Crippen LogP contribution in [0.15, 0.2) is 24.3 Å². The maximum absolute atomic E-state index is 9.82. The fraction of sp³-hybridized carbons (Fsp3) is 0.625. The van der Waals surface area contributed by atoms with Gasteiger partial charge in [-0.1, -0.05) is 37.6 Å². The van der Waals surface area contributed by atoms with Crippen molar-refractivity contribution in [3.05, 3.63) is 34.9 Å². The summed E-state index contributed by atoms with van der Waals surface area (Å²) in [5.74, 6) is 0.638. The molecule has 0 bridgehead atoms. The van der Waals surface area contributed by atoms with Gasteiger partial charge in [-0.2, -0.15) is 0 Å². The Bertz CT molecular complexity index is 409. The Balaban J connectivity index is 2.29. The molecule has 0 unspecified atom stereocenters. The number of hydrogen-bond acceptors (Lipinski definition) is 2. The molecule has 1 atom stereocenters. The van der Waals surface area contributed by atoms with Gasteiger partial charge in [0.05, 0.1) is 6.10 Å². The van der Waals surface area contributed by atoms with Crippen LogP contribution in [0.3, 0.4) is 0 Å². The fourth-order valence-corrected chi connectivity index (χ4v) is 3.50. The minimum absolute atomic E-state index is 0.0586. The van der Waals surface area contributed by atoms with Crippen LogP contribution in [0, 0.1) is 5.92 Å². The monoisotopic (exact) mass is 281 g/mol. The maximum atomic E-state index is 9.82. The lowest BCUT2D eigenvalue weighted by Crippen LogP contribution is -2.57. The smallest absolute Gasteiger partial charge is 0.0558 e. The summed E-state index contributed by atoms with van der Waals surface area (Å²) in [6.45, 7) is 4.49. The number of halogens is 1. The van der Waals surface area contributed by atoms with Gasteiger partial charge in [-0.25, -0.2) is 0 Å². The van der Waals surface area contributed by atoms with Crippen molar-refractivity contribution in [3.63, 3.8) is 0 Å². The molecule has 0 spiro atoms. The molecule has 2 N–H and O–H groups in total. The molecule has 1 aliphatic carbocycles. The van der Waals surface area contributed by atoms with Crippen molar-refractivity contribution < 1.29 is 5.11 Å². The molecule has 1 saturated carbocycles. The minimum atomic E-state index is -0.168. The van der Waals surface area contributed by atoms with Crippen LogP contribution in [0.4, 0.5) is 0 Å². The van der Waals surface area contributed by atoms with Crippen molar-refractivity contribution in [2.75, 3.05) is 7.05 Å². The van der Waals surface area contributed by atoms with Crippen LogP contribution in [-0.4, -0.2) is 24.3 Å². The first-order valence-corrected chi connectivity index (χ1v) is 7.47. The van der Waals surface area contributed by atoms with Gasteiger partial charge in [-0.3, -0.25) is 0 Å². The predicted octanol–water partition coefficient (Wildman–Crippen LogP) is 3.37. The molecule has 0 heterocycles. The normalized spacial score (nSPS) is 28.2. The highest BCUT2D eigenvalue weighted by Crippen LogP contribution is 2.48. The molecule has 0 radical (unpaired) electrons. The van der Waals surface area contributed by atoms with E-state index in [1.54, 1.807) is 0 Å².